The molecule has 1 heterocycles. The summed E-state index contributed by atoms with van der Waals surface area (Å²) in [5.74, 6) is 0. The summed E-state index contributed by atoms with van der Waals surface area (Å²) >= 11 is 0. The van der Waals surface area contributed by atoms with E-state index in [4.69, 9.17) is 15.2 Å². The lowest BCUT2D eigenvalue weighted by Crippen LogP contribution is -2.34. The quantitative estimate of drug-likeness (QED) is 0.801. The maximum atomic E-state index is 12.2. The summed E-state index contributed by atoms with van der Waals surface area (Å²) in [6.07, 6.45) is 2.25. The molecule has 1 aliphatic rings. The Morgan fingerprint density at radius 2 is 1.85 bits per heavy atom. The molecule has 3 N–H and O–H groups in total. The van der Waals surface area contributed by atoms with E-state index in [0.717, 1.165) is 0 Å². The van der Waals surface area contributed by atoms with Crippen molar-refractivity contribution in [1.82, 2.24) is 9.71 Å². The van der Waals surface area contributed by atoms with Crippen molar-refractivity contribution in [2.45, 2.75) is 36.1 Å². The zero-order valence-electron chi connectivity index (χ0n) is 11.4. The van der Waals surface area contributed by atoms with Gasteiger partial charge in [-0.05, 0) is 25.0 Å². The van der Waals surface area contributed by atoms with Gasteiger partial charge in [0.25, 0.3) is 10.0 Å². The summed E-state index contributed by atoms with van der Waals surface area (Å²) in [6, 6.07) is 2.66. The highest BCUT2D eigenvalue weighted by Crippen LogP contribution is 2.25. The molecule has 0 unspecified atom stereocenters. The number of aromatic nitrogens is 1. The van der Waals surface area contributed by atoms with Crippen LogP contribution in [-0.2, 0) is 19.5 Å². The second kappa shape index (κ2) is 6.04. The Hall–Kier alpha value is -1.22. The van der Waals surface area contributed by atoms with Crippen molar-refractivity contribution < 1.29 is 17.9 Å². The highest BCUT2D eigenvalue weighted by molar-refractivity contribution is 7.89. The fraction of sp³-hybridized carbons (Fsp3) is 0.583. The van der Waals surface area contributed by atoms with Crippen LogP contribution in [0.1, 0.15) is 12.8 Å². The van der Waals surface area contributed by atoms with Crippen molar-refractivity contribution in [2.24, 2.45) is 0 Å². The van der Waals surface area contributed by atoms with E-state index in [0.29, 0.717) is 18.5 Å². The molecular weight excluding hydrogens is 282 g/mol. The molecule has 1 aliphatic carbocycles. The Morgan fingerprint density at radius 3 is 2.30 bits per heavy atom. The third-order valence-electron chi connectivity index (χ3n) is 3.41. The average molecular weight is 301 g/mol. The summed E-state index contributed by atoms with van der Waals surface area (Å²) in [5.41, 5.74) is 5.92. The lowest BCUT2D eigenvalue weighted by molar-refractivity contribution is -0.0157. The fourth-order valence-electron chi connectivity index (χ4n) is 2.38. The fourth-order valence-corrected chi connectivity index (χ4v) is 3.57. The van der Waals surface area contributed by atoms with Gasteiger partial charge in [-0.15, -0.1) is 0 Å². The van der Waals surface area contributed by atoms with Gasteiger partial charge in [0.05, 0.1) is 24.1 Å². The maximum Gasteiger partial charge on any atom is 0.258 e. The van der Waals surface area contributed by atoms with Crippen LogP contribution in [0.15, 0.2) is 23.4 Å². The molecular formula is C12H19N3O4S. The van der Waals surface area contributed by atoms with Gasteiger partial charge >= 0.3 is 0 Å². The summed E-state index contributed by atoms with van der Waals surface area (Å²) in [7, 11) is -0.467. The van der Waals surface area contributed by atoms with Crippen LogP contribution in [0, 0.1) is 0 Å². The van der Waals surface area contributed by atoms with Crippen molar-refractivity contribution in [2.75, 3.05) is 20.0 Å². The molecule has 0 amide bonds. The molecule has 2 atom stereocenters. The summed E-state index contributed by atoms with van der Waals surface area (Å²) in [5, 5.41) is -0.0402. The smallest absolute Gasteiger partial charge is 0.258 e. The predicted molar refractivity (Wildman–Crippen MR) is 73.6 cm³/mol. The second-order valence-corrected chi connectivity index (χ2v) is 6.43. The Kier molecular flexibility index (Phi) is 4.59. The van der Waals surface area contributed by atoms with E-state index >= 15 is 0 Å². The normalized spacial score (nSPS) is 24.1. The van der Waals surface area contributed by atoms with Gasteiger partial charge in [0.15, 0.2) is 5.03 Å². The number of rotatable bonds is 5. The zero-order chi connectivity index (χ0) is 14.8. The van der Waals surface area contributed by atoms with Gasteiger partial charge in [-0.1, -0.05) is 0 Å². The summed E-state index contributed by atoms with van der Waals surface area (Å²) in [6.45, 7) is 0. The van der Waals surface area contributed by atoms with Gasteiger partial charge in [-0.25, -0.2) is 18.1 Å². The van der Waals surface area contributed by atoms with Gasteiger partial charge in [0.1, 0.15) is 0 Å². The van der Waals surface area contributed by atoms with Gasteiger partial charge in [0.2, 0.25) is 0 Å². The lowest BCUT2D eigenvalue weighted by atomic mass is 10.3. The van der Waals surface area contributed by atoms with Crippen molar-refractivity contribution in [3.05, 3.63) is 18.3 Å². The van der Waals surface area contributed by atoms with Gasteiger partial charge in [-0.3, -0.25) is 0 Å². The molecule has 7 nitrogen and oxygen atoms in total. The van der Waals surface area contributed by atoms with E-state index in [2.05, 4.69) is 9.71 Å². The predicted octanol–water partition coefficient (Wildman–Crippen LogP) is 0.135. The van der Waals surface area contributed by atoms with Gasteiger partial charge < -0.3 is 15.2 Å². The molecule has 1 saturated carbocycles. The highest BCUT2D eigenvalue weighted by atomic mass is 32.2. The third kappa shape index (κ3) is 3.26. The average Bonchev–Trinajstić information content (AvgIpc) is 2.80. The molecule has 1 aromatic rings. The number of methoxy groups -OCH3 is 2. The minimum atomic E-state index is -3.65. The van der Waals surface area contributed by atoms with E-state index in [9.17, 15) is 8.42 Å². The highest BCUT2D eigenvalue weighted by Gasteiger charge is 2.36. The van der Waals surface area contributed by atoms with E-state index in [-0.39, 0.29) is 23.3 Å². The first-order valence-electron chi connectivity index (χ1n) is 6.25. The molecule has 0 aliphatic heterocycles. The van der Waals surface area contributed by atoms with E-state index in [1.807, 2.05) is 0 Å². The van der Waals surface area contributed by atoms with Crippen LogP contribution in [0.4, 0.5) is 5.69 Å². The first-order valence-corrected chi connectivity index (χ1v) is 7.74. The number of nitrogens with zero attached hydrogens (tertiary/aromatic N) is 1. The maximum absolute atomic E-state index is 12.2. The van der Waals surface area contributed by atoms with Crippen LogP contribution in [-0.4, -0.2) is 45.9 Å². The third-order valence-corrected chi connectivity index (χ3v) is 4.85. The van der Waals surface area contributed by atoms with Crippen LogP contribution >= 0.6 is 0 Å². The molecule has 1 aromatic heterocycles. The molecule has 1 fully saturated rings. The van der Waals surface area contributed by atoms with Gasteiger partial charge in [-0.2, -0.15) is 0 Å². The van der Waals surface area contributed by atoms with Crippen molar-refractivity contribution in [3.63, 3.8) is 0 Å². The number of nitrogens with one attached hydrogen (secondary N) is 1. The summed E-state index contributed by atoms with van der Waals surface area (Å²) < 4.78 is 37.6. The van der Waals surface area contributed by atoms with Crippen LogP contribution in [0.2, 0.25) is 0 Å². The Labute approximate surface area is 118 Å². The number of hydrogen-bond donors (Lipinski definition) is 2. The number of nitrogen functional groups attached to an aromatic ring is 1. The zero-order valence-corrected chi connectivity index (χ0v) is 12.3. The molecule has 0 saturated heterocycles. The Bertz CT molecular complexity index is 534. The number of ether oxygens (including phenoxy) is 2. The Morgan fingerprint density at radius 1 is 1.25 bits per heavy atom. The van der Waals surface area contributed by atoms with Crippen molar-refractivity contribution in [3.8, 4) is 0 Å². The molecule has 112 valence electrons. The monoisotopic (exact) mass is 301 g/mol. The first kappa shape index (κ1) is 15.2. The molecule has 0 radical (unpaired) electrons. The van der Waals surface area contributed by atoms with Crippen molar-refractivity contribution >= 4 is 15.7 Å². The largest absolute Gasteiger partial charge is 0.397 e. The van der Waals surface area contributed by atoms with E-state index < -0.39 is 10.0 Å². The minimum Gasteiger partial charge on any atom is -0.397 e. The first-order chi connectivity index (χ1) is 9.46. The molecule has 0 aromatic carbocycles. The van der Waals surface area contributed by atoms with Crippen LogP contribution < -0.4 is 10.5 Å². The van der Waals surface area contributed by atoms with Crippen LogP contribution in [0.5, 0.6) is 0 Å². The van der Waals surface area contributed by atoms with Gasteiger partial charge in [0, 0.05) is 20.3 Å². The van der Waals surface area contributed by atoms with E-state index in [1.54, 1.807) is 14.2 Å². The molecule has 0 spiro atoms. The topological polar surface area (TPSA) is 104 Å². The summed E-state index contributed by atoms with van der Waals surface area (Å²) in [4.78, 5) is 3.83. The lowest BCUT2D eigenvalue weighted by Gasteiger charge is -2.15. The molecule has 20 heavy (non-hydrogen) atoms. The number of nitrogens with two attached hydrogens (primary N) is 1. The molecule has 2 rings (SSSR count). The minimum absolute atomic E-state index is 0.0402. The van der Waals surface area contributed by atoms with Crippen molar-refractivity contribution in [1.29, 1.82) is 0 Å². The number of pyridine rings is 1. The Balaban J connectivity index is 2.08. The standard InChI is InChI=1S/C12H19N3O4S/c1-18-10-5-9(6-11(10)19-2)15-20(16,17)12-4-3-8(13)7-14-12/h3-4,7,9-11,15H,5-6,13H2,1-2H3/t10-,11-/m1/s1. The molecule has 0 bridgehead atoms. The number of anilines is 1. The van der Waals surface area contributed by atoms with E-state index in [1.165, 1.54) is 18.3 Å². The SMILES string of the molecule is CO[C@@H]1CC(NS(=O)(=O)c2ccc(N)cn2)C[C@H]1OC. The second-order valence-electron chi connectivity index (χ2n) is 4.77. The number of sulfonamides is 1. The van der Waals surface area contributed by atoms with Crippen LogP contribution in [0.3, 0.4) is 0 Å². The number of hydrogen-bond acceptors (Lipinski definition) is 6. The molecule has 8 heteroatoms. The van der Waals surface area contributed by atoms with Crippen LogP contribution in [0.25, 0.3) is 0 Å².